The molecule has 1 aromatic rings. The third kappa shape index (κ3) is 1.82. The minimum atomic E-state index is 0.339. The van der Waals surface area contributed by atoms with E-state index in [0.29, 0.717) is 18.6 Å². The fourth-order valence-electron chi connectivity index (χ4n) is 2.48. The van der Waals surface area contributed by atoms with Gasteiger partial charge in [-0.2, -0.15) is 0 Å². The summed E-state index contributed by atoms with van der Waals surface area (Å²) in [4.78, 5) is 0. The van der Waals surface area contributed by atoms with Gasteiger partial charge >= 0.3 is 0 Å². The summed E-state index contributed by atoms with van der Waals surface area (Å²) < 4.78 is 10.8. The summed E-state index contributed by atoms with van der Waals surface area (Å²) in [6, 6.07) is 6.53. The molecule has 3 rings (SSSR count). The van der Waals surface area contributed by atoms with E-state index < -0.39 is 0 Å². The molecule has 0 spiro atoms. The molecular formula is C14H18O2. The lowest BCUT2D eigenvalue weighted by atomic mass is 9.97. The molecule has 1 aliphatic carbocycles. The van der Waals surface area contributed by atoms with Crippen LogP contribution in [0.1, 0.15) is 30.9 Å². The first-order chi connectivity index (χ1) is 7.74. The lowest BCUT2D eigenvalue weighted by Gasteiger charge is -2.09. The largest absolute Gasteiger partial charge is 0.491 e. The highest BCUT2D eigenvalue weighted by atomic mass is 16.6. The zero-order valence-corrected chi connectivity index (χ0v) is 9.90. The maximum absolute atomic E-state index is 5.70. The lowest BCUT2D eigenvalue weighted by molar-refractivity contribution is 0.263. The molecule has 0 aromatic heterocycles. The molecule has 1 aromatic carbocycles. The van der Waals surface area contributed by atoms with Gasteiger partial charge in [-0.25, -0.2) is 0 Å². The zero-order valence-electron chi connectivity index (χ0n) is 9.90. The van der Waals surface area contributed by atoms with Crippen molar-refractivity contribution in [3.05, 3.63) is 29.3 Å². The highest BCUT2D eigenvalue weighted by molar-refractivity contribution is 5.41. The Balaban J connectivity index is 1.75. The lowest BCUT2D eigenvalue weighted by Crippen LogP contribution is -2.04. The summed E-state index contributed by atoms with van der Waals surface area (Å²) in [7, 11) is 0. The second-order valence-corrected chi connectivity index (χ2v) is 5.10. The van der Waals surface area contributed by atoms with Crippen LogP contribution in [0.5, 0.6) is 5.75 Å². The van der Waals surface area contributed by atoms with Gasteiger partial charge in [0.25, 0.3) is 0 Å². The summed E-state index contributed by atoms with van der Waals surface area (Å²) in [6.45, 7) is 6.20. The van der Waals surface area contributed by atoms with Crippen molar-refractivity contribution >= 4 is 0 Å². The van der Waals surface area contributed by atoms with Gasteiger partial charge < -0.3 is 9.47 Å². The van der Waals surface area contributed by atoms with Crippen molar-refractivity contribution in [1.82, 2.24) is 0 Å². The maximum Gasteiger partial charge on any atom is 0.119 e. The fraction of sp³-hybridized carbons (Fsp3) is 0.571. The molecule has 3 unspecified atom stereocenters. The Kier molecular flexibility index (Phi) is 2.40. The van der Waals surface area contributed by atoms with Crippen LogP contribution in [0.25, 0.3) is 0 Å². The summed E-state index contributed by atoms with van der Waals surface area (Å²) in [5, 5.41) is 0. The van der Waals surface area contributed by atoms with Gasteiger partial charge in [0.05, 0.1) is 6.61 Å². The Hall–Kier alpha value is -1.02. The molecule has 1 heterocycles. The Morgan fingerprint density at radius 1 is 1.38 bits per heavy atom. The molecule has 3 atom stereocenters. The average Bonchev–Trinajstić information content (AvgIpc) is 3.05. The smallest absolute Gasteiger partial charge is 0.119 e. The first-order valence-electron chi connectivity index (χ1n) is 6.11. The predicted molar refractivity (Wildman–Crippen MR) is 63.0 cm³/mol. The number of fused-ring (bicyclic) bond motifs is 1. The van der Waals surface area contributed by atoms with Gasteiger partial charge in [-0.1, -0.05) is 19.9 Å². The van der Waals surface area contributed by atoms with Crippen molar-refractivity contribution in [1.29, 1.82) is 0 Å². The van der Waals surface area contributed by atoms with Crippen LogP contribution in [0.3, 0.4) is 0 Å². The van der Waals surface area contributed by atoms with Crippen molar-refractivity contribution in [2.75, 3.05) is 13.2 Å². The van der Waals surface area contributed by atoms with E-state index in [2.05, 4.69) is 32.0 Å². The summed E-state index contributed by atoms with van der Waals surface area (Å²) in [5.74, 6) is 2.45. The van der Waals surface area contributed by atoms with Gasteiger partial charge in [-0.3, -0.25) is 0 Å². The Bertz CT molecular complexity index is 396. The molecule has 2 aliphatic rings. The first kappa shape index (κ1) is 10.2. The number of epoxide rings is 1. The van der Waals surface area contributed by atoms with Crippen LogP contribution in [0.4, 0.5) is 0 Å². The third-order valence-electron chi connectivity index (χ3n) is 3.84. The van der Waals surface area contributed by atoms with E-state index in [1.165, 1.54) is 17.5 Å². The average molecular weight is 218 g/mol. The van der Waals surface area contributed by atoms with E-state index in [4.69, 9.17) is 9.47 Å². The van der Waals surface area contributed by atoms with Gasteiger partial charge in [0, 0.05) is 0 Å². The number of ether oxygens (including phenoxy) is 2. The minimum absolute atomic E-state index is 0.339. The number of hydrogen-bond donors (Lipinski definition) is 0. The van der Waals surface area contributed by atoms with E-state index in [0.717, 1.165) is 18.3 Å². The number of benzene rings is 1. The van der Waals surface area contributed by atoms with Crippen LogP contribution >= 0.6 is 0 Å². The highest BCUT2D eigenvalue weighted by Crippen LogP contribution is 2.38. The van der Waals surface area contributed by atoms with Crippen LogP contribution in [0.15, 0.2) is 18.2 Å². The van der Waals surface area contributed by atoms with Crippen LogP contribution in [-0.2, 0) is 11.2 Å². The van der Waals surface area contributed by atoms with Crippen LogP contribution in [-0.4, -0.2) is 19.3 Å². The Labute approximate surface area is 96.6 Å². The molecule has 1 saturated heterocycles. The normalized spacial score (nSPS) is 31.2. The quantitative estimate of drug-likeness (QED) is 0.728. The molecule has 2 heteroatoms. The molecule has 16 heavy (non-hydrogen) atoms. The van der Waals surface area contributed by atoms with E-state index in [1.54, 1.807) is 0 Å². The second-order valence-electron chi connectivity index (χ2n) is 5.10. The van der Waals surface area contributed by atoms with E-state index in [1.807, 2.05) is 0 Å². The molecule has 0 saturated carbocycles. The maximum atomic E-state index is 5.70. The van der Waals surface area contributed by atoms with Crippen LogP contribution < -0.4 is 4.74 Å². The van der Waals surface area contributed by atoms with Crippen molar-refractivity contribution < 1.29 is 9.47 Å². The van der Waals surface area contributed by atoms with Gasteiger partial charge in [0.1, 0.15) is 18.5 Å². The summed E-state index contributed by atoms with van der Waals surface area (Å²) in [5.41, 5.74) is 2.97. The summed E-state index contributed by atoms with van der Waals surface area (Å²) >= 11 is 0. The molecular weight excluding hydrogens is 200 g/mol. The molecule has 0 amide bonds. The molecule has 1 fully saturated rings. The van der Waals surface area contributed by atoms with Crippen LogP contribution in [0.2, 0.25) is 0 Å². The van der Waals surface area contributed by atoms with Gasteiger partial charge in [-0.15, -0.1) is 0 Å². The second kappa shape index (κ2) is 3.77. The van der Waals surface area contributed by atoms with Crippen molar-refractivity contribution in [3.8, 4) is 5.75 Å². The van der Waals surface area contributed by atoms with Crippen molar-refractivity contribution in [2.24, 2.45) is 5.92 Å². The SMILES string of the molecule is CC1Cc2cc(OCC3CO3)ccc2C1C. The highest BCUT2D eigenvalue weighted by Gasteiger charge is 2.26. The van der Waals surface area contributed by atoms with E-state index >= 15 is 0 Å². The van der Waals surface area contributed by atoms with E-state index in [-0.39, 0.29) is 0 Å². The Morgan fingerprint density at radius 3 is 2.94 bits per heavy atom. The molecule has 0 N–H and O–H groups in total. The predicted octanol–water partition coefficient (Wildman–Crippen LogP) is 2.76. The monoisotopic (exact) mass is 218 g/mol. The molecule has 0 radical (unpaired) electrons. The van der Waals surface area contributed by atoms with Crippen molar-refractivity contribution in [2.45, 2.75) is 32.3 Å². The first-order valence-corrected chi connectivity index (χ1v) is 6.11. The van der Waals surface area contributed by atoms with Gasteiger partial charge in [-0.05, 0) is 41.5 Å². The van der Waals surface area contributed by atoms with Crippen LogP contribution in [0, 0.1) is 5.92 Å². The molecule has 86 valence electrons. The molecule has 0 bridgehead atoms. The van der Waals surface area contributed by atoms with E-state index in [9.17, 15) is 0 Å². The van der Waals surface area contributed by atoms with Crippen molar-refractivity contribution in [3.63, 3.8) is 0 Å². The Morgan fingerprint density at radius 2 is 2.19 bits per heavy atom. The molecule has 1 aliphatic heterocycles. The number of rotatable bonds is 3. The minimum Gasteiger partial charge on any atom is -0.491 e. The summed E-state index contributed by atoms with van der Waals surface area (Å²) in [6.07, 6.45) is 1.53. The fourth-order valence-corrected chi connectivity index (χ4v) is 2.48. The number of hydrogen-bond acceptors (Lipinski definition) is 2. The zero-order chi connectivity index (χ0) is 11.1. The topological polar surface area (TPSA) is 21.8 Å². The molecule has 2 nitrogen and oxygen atoms in total. The van der Waals surface area contributed by atoms with Gasteiger partial charge in [0.2, 0.25) is 0 Å². The van der Waals surface area contributed by atoms with Gasteiger partial charge in [0.15, 0.2) is 0 Å². The third-order valence-corrected chi connectivity index (χ3v) is 3.84. The standard InChI is InChI=1S/C14H18O2/c1-9-5-11-6-12(15-7-13-8-16-13)3-4-14(11)10(9)2/h3-4,6,9-10,13H,5,7-8H2,1-2H3.